The number of fused-ring (bicyclic) bond motifs is 1. The quantitative estimate of drug-likeness (QED) is 0.808. The van der Waals surface area contributed by atoms with E-state index in [-0.39, 0.29) is 22.1 Å². The van der Waals surface area contributed by atoms with Gasteiger partial charge in [-0.2, -0.15) is 0 Å². The van der Waals surface area contributed by atoms with Crippen molar-refractivity contribution in [3.8, 4) is 0 Å². The van der Waals surface area contributed by atoms with E-state index in [1.807, 2.05) is 0 Å². The number of carbonyl (C=O) groups is 1. The second-order valence-electron chi connectivity index (χ2n) is 4.20. The van der Waals surface area contributed by atoms with Crippen LogP contribution in [0.1, 0.15) is 11.3 Å². The fourth-order valence-corrected chi connectivity index (χ4v) is 2.31. The van der Waals surface area contributed by atoms with Crippen molar-refractivity contribution < 1.29 is 9.18 Å². The zero-order valence-corrected chi connectivity index (χ0v) is 11.5. The smallest absolute Gasteiger partial charge is 0.258 e. The van der Waals surface area contributed by atoms with Gasteiger partial charge in [0.2, 0.25) is 0 Å². The van der Waals surface area contributed by atoms with Gasteiger partial charge in [0, 0.05) is 11.8 Å². The van der Waals surface area contributed by atoms with Crippen LogP contribution in [0.25, 0.3) is 11.6 Å². The third kappa shape index (κ3) is 2.17. The summed E-state index contributed by atoms with van der Waals surface area (Å²) in [5.41, 5.74) is 1.46. The Hall–Kier alpha value is -1.91. The van der Waals surface area contributed by atoms with Crippen LogP contribution >= 0.6 is 23.2 Å². The molecule has 3 rings (SSSR count). The Bertz CT molecular complexity index is 759. The maximum atomic E-state index is 13.9. The number of hydrogen-bond acceptors (Lipinski definition) is 2. The molecule has 0 bridgehead atoms. The van der Waals surface area contributed by atoms with E-state index < -0.39 is 5.82 Å². The van der Waals surface area contributed by atoms with Gasteiger partial charge in [-0.25, -0.2) is 4.39 Å². The lowest BCUT2D eigenvalue weighted by Crippen LogP contribution is -2.03. The van der Waals surface area contributed by atoms with Crippen LogP contribution in [0.15, 0.2) is 30.5 Å². The van der Waals surface area contributed by atoms with Gasteiger partial charge in [0.1, 0.15) is 5.82 Å². The van der Waals surface area contributed by atoms with E-state index >= 15 is 0 Å². The molecule has 1 N–H and O–H groups in total. The number of anilines is 1. The van der Waals surface area contributed by atoms with E-state index in [2.05, 4.69) is 10.3 Å². The Balaban J connectivity index is 2.14. The fourth-order valence-electron chi connectivity index (χ4n) is 1.97. The monoisotopic (exact) mass is 308 g/mol. The van der Waals surface area contributed by atoms with Crippen molar-refractivity contribution in [3.05, 3.63) is 57.6 Å². The van der Waals surface area contributed by atoms with Crippen LogP contribution in [0.2, 0.25) is 10.0 Å². The molecule has 1 aliphatic rings. The van der Waals surface area contributed by atoms with Crippen LogP contribution in [0.5, 0.6) is 0 Å². The molecule has 1 aromatic heterocycles. The molecule has 1 aliphatic heterocycles. The molecule has 0 unspecified atom stereocenters. The normalized spacial score (nSPS) is 15.3. The molecule has 20 heavy (non-hydrogen) atoms. The van der Waals surface area contributed by atoms with Crippen molar-refractivity contribution in [1.82, 2.24) is 4.98 Å². The predicted octanol–water partition coefficient (Wildman–Crippen LogP) is 4.02. The number of nitrogens with zero attached hydrogens (tertiary/aromatic N) is 1. The van der Waals surface area contributed by atoms with Gasteiger partial charge >= 0.3 is 0 Å². The number of amides is 1. The van der Waals surface area contributed by atoms with Gasteiger partial charge in [0.05, 0.1) is 27.0 Å². The van der Waals surface area contributed by atoms with Crippen molar-refractivity contribution in [2.45, 2.75) is 0 Å². The summed E-state index contributed by atoms with van der Waals surface area (Å²) in [6.07, 6.45) is 2.85. The van der Waals surface area contributed by atoms with Gasteiger partial charge in [-0.15, -0.1) is 0 Å². The number of nitrogens with one attached hydrogen (secondary N) is 1. The van der Waals surface area contributed by atoms with Crippen molar-refractivity contribution in [1.29, 1.82) is 0 Å². The number of pyridine rings is 1. The van der Waals surface area contributed by atoms with Gasteiger partial charge in [-0.1, -0.05) is 35.3 Å². The van der Waals surface area contributed by atoms with Crippen LogP contribution in [0.3, 0.4) is 0 Å². The summed E-state index contributed by atoms with van der Waals surface area (Å²) >= 11 is 11.5. The lowest BCUT2D eigenvalue weighted by Gasteiger charge is -2.01. The second kappa shape index (κ2) is 4.89. The summed E-state index contributed by atoms with van der Waals surface area (Å²) in [7, 11) is 0. The average Bonchev–Trinajstić information content (AvgIpc) is 2.70. The summed E-state index contributed by atoms with van der Waals surface area (Å²) in [6, 6.07) is 6.19. The Kier molecular flexibility index (Phi) is 3.20. The molecule has 0 saturated carbocycles. The molecular formula is C14H7Cl2FN2O. The van der Waals surface area contributed by atoms with Gasteiger partial charge in [0.25, 0.3) is 5.91 Å². The maximum absolute atomic E-state index is 13.9. The Morgan fingerprint density at radius 1 is 1.30 bits per heavy atom. The minimum absolute atomic E-state index is 0.00189. The average molecular weight is 309 g/mol. The Labute approximate surface area is 124 Å². The second-order valence-corrected chi connectivity index (χ2v) is 5.05. The van der Waals surface area contributed by atoms with E-state index in [1.54, 1.807) is 12.1 Å². The summed E-state index contributed by atoms with van der Waals surface area (Å²) in [5, 5.41) is 3.05. The SMILES string of the molecule is O=C1Nc2cc(Cl)cnc2/C1=C/c1cccc(Cl)c1F. The van der Waals surface area contributed by atoms with Crippen molar-refractivity contribution in [3.63, 3.8) is 0 Å². The summed E-state index contributed by atoms with van der Waals surface area (Å²) in [4.78, 5) is 16.0. The molecule has 0 aliphatic carbocycles. The van der Waals surface area contributed by atoms with Crippen LogP contribution in [-0.4, -0.2) is 10.9 Å². The predicted molar refractivity (Wildman–Crippen MR) is 77.2 cm³/mol. The number of benzene rings is 1. The van der Waals surface area contributed by atoms with E-state index in [1.165, 1.54) is 24.4 Å². The van der Waals surface area contributed by atoms with Crippen molar-refractivity contribution >= 4 is 46.4 Å². The lowest BCUT2D eigenvalue weighted by molar-refractivity contribution is -0.110. The third-order valence-corrected chi connectivity index (χ3v) is 3.38. The molecule has 0 fully saturated rings. The van der Waals surface area contributed by atoms with E-state index in [4.69, 9.17) is 23.2 Å². The Morgan fingerprint density at radius 3 is 2.90 bits per heavy atom. The summed E-state index contributed by atoms with van der Waals surface area (Å²) in [6.45, 7) is 0. The first-order valence-corrected chi connectivity index (χ1v) is 6.45. The summed E-state index contributed by atoms with van der Waals surface area (Å²) < 4.78 is 13.9. The highest BCUT2D eigenvalue weighted by Crippen LogP contribution is 2.33. The number of halogens is 3. The third-order valence-electron chi connectivity index (χ3n) is 2.88. The number of aromatic nitrogens is 1. The first-order valence-electron chi connectivity index (χ1n) is 5.69. The zero-order chi connectivity index (χ0) is 14.3. The molecule has 100 valence electrons. The van der Waals surface area contributed by atoms with Gasteiger partial charge < -0.3 is 5.32 Å². The zero-order valence-electron chi connectivity index (χ0n) is 9.95. The molecule has 1 aromatic carbocycles. The maximum Gasteiger partial charge on any atom is 0.258 e. The van der Waals surface area contributed by atoms with Crippen LogP contribution in [-0.2, 0) is 4.79 Å². The fraction of sp³-hybridized carbons (Fsp3) is 0. The molecule has 2 heterocycles. The highest BCUT2D eigenvalue weighted by molar-refractivity contribution is 6.36. The number of hydrogen-bond donors (Lipinski definition) is 1. The standard InChI is InChI=1S/C14H7Cl2FN2O/c15-8-5-11-13(18-6-8)9(14(20)19-11)4-7-2-1-3-10(16)12(7)17/h1-6H,(H,19,20)/b9-4-. The highest BCUT2D eigenvalue weighted by atomic mass is 35.5. The Morgan fingerprint density at radius 2 is 2.10 bits per heavy atom. The lowest BCUT2D eigenvalue weighted by atomic mass is 10.1. The van der Waals surface area contributed by atoms with E-state index in [0.717, 1.165) is 0 Å². The topological polar surface area (TPSA) is 42.0 Å². The molecule has 0 spiro atoms. The van der Waals surface area contributed by atoms with Crippen LogP contribution in [0.4, 0.5) is 10.1 Å². The molecule has 2 aromatic rings. The molecular weight excluding hydrogens is 302 g/mol. The molecule has 3 nitrogen and oxygen atoms in total. The van der Waals surface area contributed by atoms with Gasteiger partial charge in [-0.3, -0.25) is 9.78 Å². The van der Waals surface area contributed by atoms with E-state index in [9.17, 15) is 9.18 Å². The van der Waals surface area contributed by atoms with Crippen molar-refractivity contribution in [2.24, 2.45) is 0 Å². The van der Waals surface area contributed by atoms with E-state index in [0.29, 0.717) is 16.4 Å². The first kappa shape index (κ1) is 13.1. The van der Waals surface area contributed by atoms with Gasteiger partial charge in [-0.05, 0) is 18.2 Å². The molecule has 1 amide bonds. The summed E-state index contributed by atoms with van der Waals surface area (Å²) in [5.74, 6) is -0.925. The minimum Gasteiger partial charge on any atom is -0.320 e. The molecule has 0 atom stereocenters. The van der Waals surface area contributed by atoms with Crippen LogP contribution in [0, 0.1) is 5.82 Å². The largest absolute Gasteiger partial charge is 0.320 e. The highest BCUT2D eigenvalue weighted by Gasteiger charge is 2.26. The van der Waals surface area contributed by atoms with Gasteiger partial charge in [0.15, 0.2) is 0 Å². The number of carbonyl (C=O) groups excluding carboxylic acids is 1. The number of rotatable bonds is 1. The minimum atomic E-state index is -0.572. The molecule has 6 heteroatoms. The van der Waals surface area contributed by atoms with Crippen LogP contribution < -0.4 is 5.32 Å². The first-order chi connectivity index (χ1) is 9.56. The molecule has 0 saturated heterocycles. The molecule has 0 radical (unpaired) electrons. The van der Waals surface area contributed by atoms with Crippen molar-refractivity contribution in [2.75, 3.05) is 5.32 Å².